The Kier molecular flexibility index (Phi) is 8.28. The van der Waals surface area contributed by atoms with E-state index in [0.29, 0.717) is 0 Å². The standard InChI is InChI=1S/C64H39N3/c1-2-10-53(11-3-1)67-61-17-9-8-14-56(61)57-31-30-51(38-62(57)67)49-26-24-45-34-43(22-23-47(45)36-49)41-18-19-42-33-44(21-20-40(42)32-41)46-25-27-50-37-52(29-28-48(50)35-46)60-39-65-63-58-15-6-4-12-54(58)55-13-5-7-16-59(55)64(63)66-60/h1-39H. The zero-order valence-electron chi connectivity index (χ0n) is 36.4. The minimum atomic E-state index is 0.875. The van der Waals surface area contributed by atoms with E-state index in [9.17, 15) is 0 Å². The molecule has 0 saturated heterocycles. The minimum Gasteiger partial charge on any atom is -0.309 e. The van der Waals surface area contributed by atoms with Crippen LogP contribution in [-0.2, 0) is 0 Å². The molecule has 0 aliphatic heterocycles. The molecule has 310 valence electrons. The first kappa shape index (κ1) is 37.5. The van der Waals surface area contributed by atoms with E-state index < -0.39 is 0 Å². The Morgan fingerprint density at radius 3 is 1.19 bits per heavy atom. The van der Waals surface area contributed by atoms with E-state index in [1.165, 1.54) is 104 Å². The lowest BCUT2D eigenvalue weighted by molar-refractivity contribution is 1.18. The molecule has 14 rings (SSSR count). The van der Waals surface area contributed by atoms with Crippen molar-refractivity contribution < 1.29 is 0 Å². The Morgan fingerprint density at radius 1 is 0.269 bits per heavy atom. The smallest absolute Gasteiger partial charge is 0.0979 e. The molecule has 2 heterocycles. The van der Waals surface area contributed by atoms with Gasteiger partial charge in [0.1, 0.15) is 0 Å². The van der Waals surface area contributed by atoms with Crippen molar-refractivity contribution in [2.24, 2.45) is 0 Å². The van der Waals surface area contributed by atoms with Gasteiger partial charge in [0.05, 0.1) is 34.0 Å². The number of rotatable bonds is 5. The molecular weight excluding hydrogens is 811 g/mol. The van der Waals surface area contributed by atoms with E-state index in [1.807, 2.05) is 6.20 Å². The SMILES string of the molecule is c1ccc(-n2c3ccccc3c3ccc(-c4ccc5cc(-c6ccc7cc(-c8ccc9cc(-c%10cnc%11c%12ccccc%12c%12ccccc%12c%11n%10)ccc9c8)ccc7c6)ccc5c4)cc32)cc1. The zero-order valence-corrected chi connectivity index (χ0v) is 36.4. The highest BCUT2D eigenvalue weighted by atomic mass is 15.0. The lowest BCUT2D eigenvalue weighted by Crippen LogP contribution is -1.93. The average Bonchev–Trinajstić information content (AvgIpc) is 3.74. The highest BCUT2D eigenvalue weighted by Crippen LogP contribution is 2.38. The van der Waals surface area contributed by atoms with Gasteiger partial charge >= 0.3 is 0 Å². The summed E-state index contributed by atoms with van der Waals surface area (Å²) in [6, 6.07) is 84.0. The van der Waals surface area contributed by atoms with Crippen molar-refractivity contribution in [3.8, 4) is 50.3 Å². The number of hydrogen-bond donors (Lipinski definition) is 0. The Hall–Kier alpha value is -8.92. The summed E-state index contributed by atoms with van der Waals surface area (Å²) in [6.45, 7) is 0. The van der Waals surface area contributed by atoms with E-state index in [0.717, 1.165) is 33.1 Å². The van der Waals surface area contributed by atoms with Crippen LogP contribution < -0.4 is 0 Å². The first-order chi connectivity index (χ1) is 33.2. The third-order valence-electron chi connectivity index (χ3n) is 13.9. The molecule has 0 N–H and O–H groups in total. The Bertz CT molecular complexity index is 4300. The fourth-order valence-corrected chi connectivity index (χ4v) is 10.6. The third kappa shape index (κ3) is 6.13. The molecule has 0 aliphatic carbocycles. The molecule has 12 aromatic carbocycles. The second-order valence-electron chi connectivity index (χ2n) is 17.8. The molecular formula is C64H39N3. The monoisotopic (exact) mass is 849 g/mol. The van der Waals surface area contributed by atoms with Gasteiger partial charge in [-0.15, -0.1) is 0 Å². The first-order valence-electron chi connectivity index (χ1n) is 22.9. The molecule has 2 aromatic heterocycles. The van der Waals surface area contributed by atoms with E-state index in [4.69, 9.17) is 9.97 Å². The maximum atomic E-state index is 5.24. The Balaban J connectivity index is 0.743. The predicted molar refractivity (Wildman–Crippen MR) is 283 cm³/mol. The first-order valence-corrected chi connectivity index (χ1v) is 22.9. The van der Waals surface area contributed by atoms with Crippen LogP contribution in [0.2, 0.25) is 0 Å². The van der Waals surface area contributed by atoms with Crippen molar-refractivity contribution in [2.45, 2.75) is 0 Å². The van der Waals surface area contributed by atoms with Crippen molar-refractivity contribution in [3.05, 3.63) is 237 Å². The fourth-order valence-electron chi connectivity index (χ4n) is 10.6. The van der Waals surface area contributed by atoms with Gasteiger partial charge in [0.2, 0.25) is 0 Å². The summed E-state index contributed by atoms with van der Waals surface area (Å²) in [5, 5.41) is 14.5. The van der Waals surface area contributed by atoms with Gasteiger partial charge in [-0.3, -0.25) is 4.98 Å². The van der Waals surface area contributed by atoms with Gasteiger partial charge in [-0.25, -0.2) is 4.98 Å². The predicted octanol–water partition coefficient (Wildman–Crippen LogP) is 17.2. The molecule has 3 nitrogen and oxygen atoms in total. The maximum Gasteiger partial charge on any atom is 0.0979 e. The molecule has 0 spiro atoms. The van der Waals surface area contributed by atoms with Crippen molar-refractivity contribution in [2.75, 3.05) is 0 Å². The van der Waals surface area contributed by atoms with Crippen LogP contribution in [0.4, 0.5) is 0 Å². The molecule has 0 amide bonds. The van der Waals surface area contributed by atoms with E-state index in [2.05, 4.69) is 235 Å². The van der Waals surface area contributed by atoms with Crippen LogP contribution in [0.25, 0.3) is 137 Å². The second-order valence-corrected chi connectivity index (χ2v) is 17.8. The van der Waals surface area contributed by atoms with Gasteiger partial charge in [0.25, 0.3) is 0 Å². The summed E-state index contributed by atoms with van der Waals surface area (Å²) >= 11 is 0. The van der Waals surface area contributed by atoms with Gasteiger partial charge in [-0.2, -0.15) is 0 Å². The summed E-state index contributed by atoms with van der Waals surface area (Å²) in [5.74, 6) is 0. The summed E-state index contributed by atoms with van der Waals surface area (Å²) in [5.41, 5.74) is 14.7. The van der Waals surface area contributed by atoms with Crippen LogP contribution in [0.5, 0.6) is 0 Å². The van der Waals surface area contributed by atoms with Crippen LogP contribution >= 0.6 is 0 Å². The minimum absolute atomic E-state index is 0.875. The lowest BCUT2D eigenvalue weighted by Gasteiger charge is -2.11. The molecule has 14 aromatic rings. The molecule has 0 fully saturated rings. The number of hydrogen-bond acceptors (Lipinski definition) is 2. The number of aromatic nitrogens is 3. The van der Waals surface area contributed by atoms with Gasteiger partial charge in [-0.05, 0) is 137 Å². The fraction of sp³-hybridized carbons (Fsp3) is 0. The van der Waals surface area contributed by atoms with Crippen LogP contribution in [0.15, 0.2) is 237 Å². The van der Waals surface area contributed by atoms with Crippen LogP contribution in [0.3, 0.4) is 0 Å². The molecule has 0 aliphatic rings. The van der Waals surface area contributed by atoms with E-state index in [-0.39, 0.29) is 0 Å². The van der Waals surface area contributed by atoms with Crippen molar-refractivity contribution in [3.63, 3.8) is 0 Å². The molecule has 3 heteroatoms. The summed E-state index contributed by atoms with van der Waals surface area (Å²) in [6.07, 6.45) is 1.92. The van der Waals surface area contributed by atoms with Gasteiger partial charge in [0.15, 0.2) is 0 Å². The topological polar surface area (TPSA) is 30.7 Å². The number of para-hydroxylation sites is 2. The number of nitrogens with zero attached hydrogens (tertiary/aromatic N) is 3. The van der Waals surface area contributed by atoms with Crippen LogP contribution in [0, 0.1) is 0 Å². The van der Waals surface area contributed by atoms with Crippen molar-refractivity contribution in [1.82, 2.24) is 14.5 Å². The number of fused-ring (bicyclic) bond motifs is 12. The lowest BCUT2D eigenvalue weighted by atomic mass is 9.94. The third-order valence-corrected chi connectivity index (χ3v) is 13.9. The molecule has 0 unspecified atom stereocenters. The molecule has 0 atom stereocenters. The maximum absolute atomic E-state index is 5.24. The van der Waals surface area contributed by atoms with E-state index >= 15 is 0 Å². The molecule has 0 bridgehead atoms. The largest absolute Gasteiger partial charge is 0.309 e. The van der Waals surface area contributed by atoms with Crippen molar-refractivity contribution in [1.29, 1.82) is 0 Å². The Labute approximate surface area is 386 Å². The zero-order chi connectivity index (χ0) is 44.0. The van der Waals surface area contributed by atoms with Crippen LogP contribution in [0.1, 0.15) is 0 Å². The van der Waals surface area contributed by atoms with Gasteiger partial charge < -0.3 is 4.57 Å². The second kappa shape index (κ2) is 14.8. The summed E-state index contributed by atoms with van der Waals surface area (Å²) in [4.78, 5) is 10.2. The summed E-state index contributed by atoms with van der Waals surface area (Å²) < 4.78 is 2.39. The Morgan fingerprint density at radius 2 is 0.657 bits per heavy atom. The highest BCUT2D eigenvalue weighted by molar-refractivity contribution is 6.23. The van der Waals surface area contributed by atoms with Gasteiger partial charge in [0, 0.05) is 32.8 Å². The molecule has 0 saturated carbocycles. The van der Waals surface area contributed by atoms with Crippen molar-refractivity contribution >= 4 is 86.7 Å². The number of benzene rings is 12. The quantitative estimate of drug-likeness (QED) is 0.162. The van der Waals surface area contributed by atoms with Crippen LogP contribution in [-0.4, -0.2) is 14.5 Å². The normalized spacial score (nSPS) is 11.9. The van der Waals surface area contributed by atoms with E-state index in [1.54, 1.807) is 0 Å². The molecule has 0 radical (unpaired) electrons. The average molecular weight is 850 g/mol. The highest BCUT2D eigenvalue weighted by Gasteiger charge is 2.15. The summed E-state index contributed by atoms with van der Waals surface area (Å²) in [7, 11) is 0. The molecule has 67 heavy (non-hydrogen) atoms. The van der Waals surface area contributed by atoms with Gasteiger partial charge in [-0.1, -0.05) is 170 Å².